The van der Waals surface area contributed by atoms with Crippen molar-refractivity contribution < 1.29 is 9.53 Å². The summed E-state index contributed by atoms with van der Waals surface area (Å²) < 4.78 is 5.79. The first-order chi connectivity index (χ1) is 14.5. The first-order valence-electron chi connectivity index (χ1n) is 10.1. The molecule has 0 unspecified atom stereocenters. The second-order valence-electron chi connectivity index (χ2n) is 7.66. The Balaban J connectivity index is 1.64. The topological polar surface area (TPSA) is 97.0 Å². The zero-order valence-electron chi connectivity index (χ0n) is 17.0. The van der Waals surface area contributed by atoms with Crippen LogP contribution in [0, 0.1) is 5.92 Å². The van der Waals surface area contributed by atoms with Crippen LogP contribution in [-0.4, -0.2) is 27.5 Å². The predicted octanol–water partition coefficient (Wildman–Crippen LogP) is 2.96. The van der Waals surface area contributed by atoms with E-state index < -0.39 is 12.1 Å². The van der Waals surface area contributed by atoms with Crippen molar-refractivity contribution in [3.63, 3.8) is 0 Å². The highest BCUT2D eigenvalue weighted by Crippen LogP contribution is 2.29. The first-order valence-corrected chi connectivity index (χ1v) is 10.1. The summed E-state index contributed by atoms with van der Waals surface area (Å²) in [6.07, 6.45) is 1.76. The van der Waals surface area contributed by atoms with Gasteiger partial charge in [0.1, 0.15) is 5.69 Å². The molecule has 1 amide bonds. The Morgan fingerprint density at radius 3 is 2.77 bits per heavy atom. The number of fused-ring (bicyclic) bond motifs is 1. The Labute approximate surface area is 174 Å². The number of carbonyl (C=O) groups is 1. The van der Waals surface area contributed by atoms with Gasteiger partial charge in [-0.3, -0.25) is 14.6 Å². The van der Waals surface area contributed by atoms with Crippen LogP contribution in [0.4, 0.5) is 0 Å². The summed E-state index contributed by atoms with van der Waals surface area (Å²) in [7, 11) is 0. The van der Waals surface area contributed by atoms with Crippen molar-refractivity contribution >= 4 is 5.91 Å². The molecule has 2 aromatic heterocycles. The number of benzene rings is 1. The summed E-state index contributed by atoms with van der Waals surface area (Å²) in [6, 6.07) is 14.2. The van der Waals surface area contributed by atoms with Crippen LogP contribution in [0.5, 0.6) is 0 Å². The minimum atomic E-state index is -0.673. The number of pyridine rings is 1. The lowest BCUT2D eigenvalue weighted by Crippen LogP contribution is -2.38. The van der Waals surface area contributed by atoms with Crippen molar-refractivity contribution in [3.05, 3.63) is 81.9 Å². The van der Waals surface area contributed by atoms with Crippen LogP contribution in [-0.2, 0) is 16.0 Å². The van der Waals surface area contributed by atoms with Gasteiger partial charge < -0.3 is 15.0 Å². The summed E-state index contributed by atoms with van der Waals surface area (Å²) in [6.45, 7) is 4.45. The molecule has 2 atom stereocenters. The molecule has 0 spiro atoms. The van der Waals surface area contributed by atoms with E-state index >= 15 is 0 Å². The fraction of sp³-hybridized carbons (Fsp3) is 0.304. The molecule has 3 aromatic rings. The average molecular weight is 404 g/mol. The summed E-state index contributed by atoms with van der Waals surface area (Å²) in [4.78, 5) is 37.0. The van der Waals surface area contributed by atoms with Gasteiger partial charge in [0.05, 0.1) is 18.3 Å². The van der Waals surface area contributed by atoms with Gasteiger partial charge in [0.2, 0.25) is 0 Å². The van der Waals surface area contributed by atoms with Crippen molar-refractivity contribution in [1.29, 1.82) is 0 Å². The third-order valence-corrected chi connectivity index (χ3v) is 5.18. The summed E-state index contributed by atoms with van der Waals surface area (Å²) >= 11 is 0. The Bertz CT molecular complexity index is 1090. The van der Waals surface area contributed by atoms with Gasteiger partial charge in [0.25, 0.3) is 11.5 Å². The van der Waals surface area contributed by atoms with Gasteiger partial charge in [-0.25, -0.2) is 4.98 Å². The van der Waals surface area contributed by atoms with E-state index in [1.165, 1.54) is 6.07 Å². The molecular formula is C23H24N4O3. The van der Waals surface area contributed by atoms with Crippen LogP contribution in [0.2, 0.25) is 0 Å². The summed E-state index contributed by atoms with van der Waals surface area (Å²) in [5, 5.41) is 3.05. The average Bonchev–Trinajstić information content (AvgIpc) is 2.77. The number of carbonyl (C=O) groups excluding carboxylic acids is 1. The van der Waals surface area contributed by atoms with E-state index in [1.54, 1.807) is 18.3 Å². The van der Waals surface area contributed by atoms with E-state index in [0.29, 0.717) is 23.8 Å². The molecule has 4 rings (SSSR count). The SMILES string of the molecule is CC(C)[C@@H](NC(=O)[C@@H]1OCCc2ccccc21)c1cc(=O)[nH]c(-c2ccccn2)n1. The van der Waals surface area contributed by atoms with E-state index in [-0.39, 0.29) is 17.4 Å². The molecule has 7 nitrogen and oxygen atoms in total. The number of aromatic amines is 1. The van der Waals surface area contributed by atoms with Crippen molar-refractivity contribution in [2.45, 2.75) is 32.4 Å². The molecule has 7 heteroatoms. The van der Waals surface area contributed by atoms with Gasteiger partial charge in [-0.05, 0) is 35.6 Å². The molecule has 30 heavy (non-hydrogen) atoms. The molecule has 3 heterocycles. The molecule has 0 fully saturated rings. The van der Waals surface area contributed by atoms with Gasteiger partial charge in [0.15, 0.2) is 11.9 Å². The largest absolute Gasteiger partial charge is 0.363 e. The molecule has 0 saturated heterocycles. The highest BCUT2D eigenvalue weighted by atomic mass is 16.5. The maximum atomic E-state index is 13.1. The zero-order valence-corrected chi connectivity index (χ0v) is 17.0. The molecule has 0 aliphatic carbocycles. The van der Waals surface area contributed by atoms with E-state index in [0.717, 1.165) is 17.5 Å². The number of amides is 1. The molecule has 1 aromatic carbocycles. The number of aromatic nitrogens is 3. The molecule has 0 saturated carbocycles. The van der Waals surface area contributed by atoms with E-state index in [1.807, 2.05) is 44.2 Å². The minimum Gasteiger partial charge on any atom is -0.363 e. The van der Waals surface area contributed by atoms with Gasteiger partial charge in [0, 0.05) is 12.3 Å². The lowest BCUT2D eigenvalue weighted by Gasteiger charge is -2.28. The normalized spacial score (nSPS) is 16.7. The van der Waals surface area contributed by atoms with Crippen molar-refractivity contribution in [3.8, 4) is 11.5 Å². The van der Waals surface area contributed by atoms with Gasteiger partial charge in [-0.1, -0.05) is 44.2 Å². The zero-order chi connectivity index (χ0) is 21.1. The molecule has 0 radical (unpaired) electrons. The maximum absolute atomic E-state index is 13.1. The summed E-state index contributed by atoms with van der Waals surface area (Å²) in [5.74, 6) is 0.151. The van der Waals surface area contributed by atoms with Crippen LogP contribution < -0.4 is 10.9 Å². The lowest BCUT2D eigenvalue weighted by atomic mass is 9.95. The second kappa shape index (κ2) is 8.59. The van der Waals surface area contributed by atoms with E-state index in [2.05, 4.69) is 20.3 Å². The lowest BCUT2D eigenvalue weighted by molar-refractivity contribution is -0.135. The highest BCUT2D eigenvalue weighted by Gasteiger charge is 2.30. The Kier molecular flexibility index (Phi) is 5.72. The number of hydrogen-bond donors (Lipinski definition) is 2. The third kappa shape index (κ3) is 4.16. The molecule has 1 aliphatic heterocycles. The monoisotopic (exact) mass is 404 g/mol. The summed E-state index contributed by atoms with van der Waals surface area (Å²) in [5.41, 5.74) is 2.77. The molecule has 0 bridgehead atoms. The molecule has 1 aliphatic rings. The van der Waals surface area contributed by atoms with Crippen molar-refractivity contribution in [2.75, 3.05) is 6.61 Å². The minimum absolute atomic E-state index is 0.0127. The van der Waals surface area contributed by atoms with E-state index in [9.17, 15) is 9.59 Å². The standard InChI is InChI=1S/C23H24N4O3/c1-14(2)20(18-13-19(28)26-22(25-18)17-9-5-6-11-24-17)27-23(29)21-16-8-4-3-7-15(16)10-12-30-21/h3-9,11,13-14,20-21H,10,12H2,1-2H3,(H,27,29)(H,25,26,28)/t20-,21-/m1/s1. The first kappa shape index (κ1) is 20.0. The quantitative estimate of drug-likeness (QED) is 0.681. The van der Waals surface area contributed by atoms with Crippen LogP contribution in [0.25, 0.3) is 11.5 Å². The van der Waals surface area contributed by atoms with Crippen LogP contribution >= 0.6 is 0 Å². The van der Waals surface area contributed by atoms with Crippen LogP contribution in [0.15, 0.2) is 59.5 Å². The predicted molar refractivity (Wildman–Crippen MR) is 113 cm³/mol. The van der Waals surface area contributed by atoms with E-state index in [4.69, 9.17) is 4.74 Å². The number of rotatable bonds is 5. The molecule has 154 valence electrons. The Hall–Kier alpha value is -3.32. The smallest absolute Gasteiger partial charge is 0.254 e. The maximum Gasteiger partial charge on any atom is 0.254 e. The van der Waals surface area contributed by atoms with Gasteiger partial charge >= 0.3 is 0 Å². The Morgan fingerprint density at radius 1 is 1.20 bits per heavy atom. The molecule has 2 N–H and O–H groups in total. The third-order valence-electron chi connectivity index (χ3n) is 5.18. The number of hydrogen-bond acceptors (Lipinski definition) is 5. The van der Waals surface area contributed by atoms with Crippen LogP contribution in [0.1, 0.15) is 42.8 Å². The molecular weight excluding hydrogens is 380 g/mol. The number of ether oxygens (including phenoxy) is 1. The second-order valence-corrected chi connectivity index (χ2v) is 7.66. The van der Waals surface area contributed by atoms with Gasteiger partial charge in [-0.15, -0.1) is 0 Å². The fourth-order valence-corrected chi connectivity index (χ4v) is 3.68. The highest BCUT2D eigenvalue weighted by molar-refractivity contribution is 5.83. The van der Waals surface area contributed by atoms with Gasteiger partial charge in [-0.2, -0.15) is 0 Å². The number of H-pyrrole nitrogens is 1. The fourth-order valence-electron chi connectivity index (χ4n) is 3.68. The Morgan fingerprint density at radius 2 is 2.00 bits per heavy atom. The van der Waals surface area contributed by atoms with Crippen molar-refractivity contribution in [1.82, 2.24) is 20.3 Å². The number of nitrogens with zero attached hydrogens (tertiary/aromatic N) is 2. The number of nitrogens with one attached hydrogen (secondary N) is 2. The van der Waals surface area contributed by atoms with Crippen LogP contribution in [0.3, 0.4) is 0 Å². The van der Waals surface area contributed by atoms with Crippen molar-refractivity contribution in [2.24, 2.45) is 5.92 Å².